The molecule has 23 rings (SSSR count). The van der Waals surface area contributed by atoms with Gasteiger partial charge in [-0.2, -0.15) is 0 Å². The predicted molar refractivity (Wildman–Crippen MR) is 531 cm³/mol. The molecular weight excluding hydrogens is 1730 g/mol. The van der Waals surface area contributed by atoms with Gasteiger partial charge in [0.2, 0.25) is 0 Å². The van der Waals surface area contributed by atoms with E-state index in [1.165, 1.54) is 103 Å². The van der Waals surface area contributed by atoms with Gasteiger partial charge in [-0.15, -0.1) is 0 Å². The Labute approximate surface area is 828 Å². The van der Waals surface area contributed by atoms with Crippen molar-refractivity contribution in [3.8, 4) is 0 Å². The van der Waals surface area contributed by atoms with E-state index < -0.39 is 10.8 Å². The lowest BCUT2D eigenvalue weighted by Crippen LogP contribution is -2.55. The predicted octanol–water partition coefficient (Wildman–Crippen LogP) is 24.9. The van der Waals surface area contributed by atoms with Crippen molar-refractivity contribution in [2.75, 3.05) is 40.4 Å². The standard InChI is InChI=1S/C30H42O6.C27H42O5.C26H40O5.C25H38O5.8CH4/c1-4-30(2,3)29(33)36-23-12-16-11-21(23)25-19-9-15(24(16)25)10-20(19)28(32)35-13-34-27-18-6-14-5-17(8-18)26(31)22(27)7-14;1-4-27(2,3)26(29)32-22-13-18-12-21(22)24-19-10-17(23(18)24)11-20(19)25(28)31-15-30-14-16-8-6-5-7-9-16;1-3-15(2)25(27)31-22-12-18-11-21(22)24-19-9-17(23(18)24)10-20(19)26(28)30-14-29-13-16-7-5-4-6-8-16;1-3-14(2)24(26)30-21-12-16-11-20(21)23-18-9-15(22(16)23)10-19(18)25(27)29-13-28-17-7-5-4-6-8-17;;;;;;;;/h14-25,27H,4-13H2,1-3H3;16-24H,4-15H2,1-3H3;15-24H,3-14H2,1-2H3;14-23H,3-13H2,1-2H3;8*1H4. The number of carbonyl (C=O) groups excluding carboxylic acids is 9. The molecule has 0 aromatic carbocycles. The number of Topliss-reactive ketones (excluding diaryl/α,β-unsaturated/α-hetero) is 1. The van der Waals surface area contributed by atoms with E-state index in [0.29, 0.717) is 154 Å². The van der Waals surface area contributed by atoms with E-state index in [9.17, 15) is 43.2 Å². The Bertz CT molecular complexity index is 3990. The first-order valence-electron chi connectivity index (χ1n) is 53.7. The second-order valence-corrected chi connectivity index (χ2v) is 48.5. The molecular formula is C116H194O21. The van der Waals surface area contributed by atoms with Crippen molar-refractivity contribution < 1.29 is 100.0 Å². The molecule has 0 amide bonds. The zero-order valence-electron chi connectivity index (χ0n) is 80.1. The zero-order chi connectivity index (χ0) is 89.7. The molecule has 0 aromatic heterocycles. The minimum atomic E-state index is -0.440. The second-order valence-electron chi connectivity index (χ2n) is 48.5. The highest BCUT2D eigenvalue weighted by Crippen LogP contribution is 2.74. The van der Waals surface area contributed by atoms with Crippen LogP contribution in [0.5, 0.6) is 0 Å². The highest BCUT2D eigenvalue weighted by Gasteiger charge is 2.72. The lowest BCUT2D eigenvalue weighted by molar-refractivity contribution is -0.193. The highest BCUT2D eigenvalue weighted by atomic mass is 16.7. The fraction of sp³-hybridized carbons (Fsp3) is 0.922. The minimum Gasteiger partial charge on any atom is -0.462 e. The topological polar surface area (TPSA) is 264 Å². The van der Waals surface area contributed by atoms with Crippen molar-refractivity contribution in [2.45, 2.75) is 416 Å². The summed E-state index contributed by atoms with van der Waals surface area (Å²) in [4.78, 5) is 115. The van der Waals surface area contributed by atoms with Crippen LogP contribution in [0.3, 0.4) is 0 Å². The summed E-state index contributed by atoms with van der Waals surface area (Å²) in [5.41, 5.74) is -0.857. The molecule has 0 aromatic rings. The summed E-state index contributed by atoms with van der Waals surface area (Å²) >= 11 is 0. The van der Waals surface area contributed by atoms with Gasteiger partial charge in [0.25, 0.3) is 0 Å². The number of hydrogen-bond donors (Lipinski definition) is 0. The molecule has 0 spiro atoms. The number of fused-ring (bicyclic) bond motifs is 36. The molecule has 21 heteroatoms. The Morgan fingerprint density at radius 1 is 0.321 bits per heavy atom. The van der Waals surface area contributed by atoms with E-state index in [4.69, 9.17) is 56.8 Å². The maximum Gasteiger partial charge on any atom is 0.311 e. The number of hydrogen-bond acceptors (Lipinski definition) is 21. The Balaban J connectivity index is 0.000000172. The molecule has 21 nitrogen and oxygen atoms in total. The zero-order valence-corrected chi connectivity index (χ0v) is 80.1. The fourth-order valence-corrected chi connectivity index (χ4v) is 34.7. The monoisotopic (exact) mass is 1920 g/mol. The van der Waals surface area contributed by atoms with Crippen LogP contribution >= 0.6 is 0 Å². The molecule has 0 radical (unpaired) electrons. The van der Waals surface area contributed by atoms with Gasteiger partial charge in [0.1, 0.15) is 30.2 Å². The molecule has 0 saturated heterocycles. The van der Waals surface area contributed by atoms with Crippen LogP contribution in [-0.4, -0.2) is 131 Å². The molecule has 0 N–H and O–H groups in total. The van der Waals surface area contributed by atoms with Crippen LogP contribution in [0, 0.1) is 224 Å². The van der Waals surface area contributed by atoms with Crippen molar-refractivity contribution in [2.24, 2.45) is 224 Å². The Kier molecular flexibility index (Phi) is 38.8. The summed E-state index contributed by atoms with van der Waals surface area (Å²) in [5, 5.41) is 0. The molecule has 23 aliphatic rings. The molecule has 0 aliphatic heterocycles. The Hall–Kier alpha value is -4.73. The number of ether oxygens (including phenoxy) is 12. The first-order chi connectivity index (χ1) is 62.3. The quantitative estimate of drug-likeness (QED) is 0.0213. The normalized spacial score (nSPS) is 41.3. The van der Waals surface area contributed by atoms with E-state index in [0.717, 1.165) is 179 Å². The molecule has 0 heterocycles. The Morgan fingerprint density at radius 2 is 0.628 bits per heavy atom. The van der Waals surface area contributed by atoms with Crippen LogP contribution in [0.2, 0.25) is 0 Å². The third-order valence-corrected chi connectivity index (χ3v) is 41.5. The third-order valence-electron chi connectivity index (χ3n) is 41.5. The van der Waals surface area contributed by atoms with Crippen molar-refractivity contribution in [1.82, 2.24) is 0 Å². The van der Waals surface area contributed by atoms with Crippen LogP contribution in [0.15, 0.2) is 0 Å². The SMILES string of the molecule is C.C.C.C.C.C.C.C.CCC(C)(C)C(=O)OC1CC2CC1C1C3CC(CC3C(=O)OCOC3C4CC5CC(C4)C(=O)C3C5)C21.CCC(C)(C)C(=O)OC1CC2CC1C1C3CC(CC3C(=O)OCOCC3CCCCC3)C21.CCC(C)C(=O)OC1CC2CC1C1C3CC(CC3C(=O)OCOC3CCCCC3)C21.CCC(C)C(=O)OC1CC2CC1C1C3CC(CC3C(=O)OCOCC3CCCCC3)C21. The lowest BCUT2D eigenvalue weighted by Gasteiger charge is -2.52. The number of carbonyl (C=O) groups is 9. The molecule has 23 saturated carbocycles. The molecule has 137 heavy (non-hydrogen) atoms. The van der Waals surface area contributed by atoms with Gasteiger partial charge in [0, 0.05) is 11.8 Å². The molecule has 23 aliphatic carbocycles. The van der Waals surface area contributed by atoms with E-state index in [1.807, 2.05) is 69.2 Å². The maximum atomic E-state index is 13.2. The van der Waals surface area contributed by atoms with Gasteiger partial charge in [0.15, 0.2) is 27.2 Å². The second kappa shape index (κ2) is 47.2. The number of rotatable bonds is 30. The molecule has 20 bridgehead atoms. The molecule has 784 valence electrons. The number of esters is 8. The van der Waals surface area contributed by atoms with E-state index >= 15 is 0 Å². The fourth-order valence-electron chi connectivity index (χ4n) is 34.7. The summed E-state index contributed by atoms with van der Waals surface area (Å²) in [7, 11) is 0. The van der Waals surface area contributed by atoms with Crippen LogP contribution in [0.1, 0.15) is 379 Å². The van der Waals surface area contributed by atoms with Crippen LogP contribution in [-0.2, 0) is 100.0 Å². The molecule has 23 fully saturated rings. The van der Waals surface area contributed by atoms with Gasteiger partial charge in [-0.1, -0.05) is 159 Å². The van der Waals surface area contributed by atoms with Gasteiger partial charge >= 0.3 is 47.8 Å². The van der Waals surface area contributed by atoms with Gasteiger partial charge < -0.3 is 56.8 Å². The highest BCUT2D eigenvalue weighted by molar-refractivity contribution is 5.86. The van der Waals surface area contributed by atoms with Gasteiger partial charge in [-0.05, 0) is 386 Å². The van der Waals surface area contributed by atoms with Crippen LogP contribution in [0.4, 0.5) is 0 Å². The Morgan fingerprint density at radius 3 is 0.964 bits per heavy atom. The van der Waals surface area contributed by atoms with Crippen molar-refractivity contribution in [3.05, 3.63) is 0 Å². The molecule has 39 unspecified atom stereocenters. The van der Waals surface area contributed by atoms with Crippen molar-refractivity contribution >= 4 is 53.5 Å². The molecule has 39 atom stereocenters. The summed E-state index contributed by atoms with van der Waals surface area (Å²) in [5.74, 6) is 16.3. The van der Waals surface area contributed by atoms with Crippen LogP contribution in [0.25, 0.3) is 0 Å². The average molecular weight is 1920 g/mol. The third kappa shape index (κ3) is 22.1. The van der Waals surface area contributed by atoms with Crippen molar-refractivity contribution in [1.29, 1.82) is 0 Å². The van der Waals surface area contributed by atoms with Gasteiger partial charge in [-0.25, -0.2) is 0 Å². The van der Waals surface area contributed by atoms with Crippen LogP contribution < -0.4 is 0 Å². The summed E-state index contributed by atoms with van der Waals surface area (Å²) < 4.78 is 70.0. The minimum absolute atomic E-state index is 0. The number of ketones is 1. The van der Waals surface area contributed by atoms with E-state index in [2.05, 4.69) is 0 Å². The maximum absolute atomic E-state index is 13.2. The smallest absolute Gasteiger partial charge is 0.311 e. The van der Waals surface area contributed by atoms with Crippen molar-refractivity contribution in [3.63, 3.8) is 0 Å². The van der Waals surface area contributed by atoms with E-state index in [-0.39, 0.29) is 218 Å². The first kappa shape index (κ1) is 113. The first-order valence-corrected chi connectivity index (χ1v) is 53.7. The largest absolute Gasteiger partial charge is 0.462 e. The summed E-state index contributed by atoms with van der Waals surface area (Å²) in [6.07, 6.45) is 44.0. The average Bonchev–Trinajstić information content (AvgIpc) is 1.56. The van der Waals surface area contributed by atoms with Gasteiger partial charge in [-0.3, -0.25) is 43.2 Å². The van der Waals surface area contributed by atoms with Gasteiger partial charge in [0.05, 0.1) is 71.8 Å². The summed E-state index contributed by atoms with van der Waals surface area (Å²) in [6, 6.07) is 0. The lowest BCUT2D eigenvalue weighted by atomic mass is 9.54. The van der Waals surface area contributed by atoms with E-state index in [1.54, 1.807) is 0 Å². The summed E-state index contributed by atoms with van der Waals surface area (Å²) in [6.45, 7) is 21.7.